The number of nitrogens with zero attached hydrogens (tertiary/aromatic N) is 3. The van der Waals surface area contributed by atoms with Crippen molar-refractivity contribution in [1.29, 1.82) is 0 Å². The SMILES string of the molecule is C[C@@H]1CN(C(=O)Cn2nc(-c3cccs3)cc(N)c2=O)C[C@@H](C)O1. The van der Waals surface area contributed by atoms with Gasteiger partial charge >= 0.3 is 0 Å². The summed E-state index contributed by atoms with van der Waals surface area (Å²) in [6.07, 6.45) is -0.0465. The fourth-order valence-corrected chi connectivity index (χ4v) is 3.51. The number of nitrogen functional groups attached to an aromatic ring is 1. The standard InChI is InChI=1S/C16H20N4O3S/c1-10-7-19(8-11(2)23-10)15(21)9-20-16(22)12(17)6-13(18-20)14-4-3-5-24-14/h3-6,10-11H,7-9,17H2,1-2H3/t10-,11-/m1/s1. The van der Waals surface area contributed by atoms with Gasteiger partial charge in [0, 0.05) is 13.1 Å². The number of carbonyl (C=O) groups is 1. The molecule has 3 heterocycles. The number of hydrogen-bond acceptors (Lipinski definition) is 6. The largest absolute Gasteiger partial charge is 0.394 e. The van der Waals surface area contributed by atoms with Crippen molar-refractivity contribution in [3.8, 4) is 10.6 Å². The minimum absolute atomic E-state index is 0.0232. The molecule has 1 saturated heterocycles. The van der Waals surface area contributed by atoms with Gasteiger partial charge in [-0.25, -0.2) is 4.68 Å². The van der Waals surface area contributed by atoms with E-state index in [0.717, 1.165) is 9.56 Å². The predicted molar refractivity (Wildman–Crippen MR) is 92.8 cm³/mol. The number of anilines is 1. The molecule has 1 amide bonds. The molecule has 0 aromatic carbocycles. The Kier molecular flexibility index (Phi) is 4.68. The molecule has 8 heteroatoms. The molecule has 0 bridgehead atoms. The van der Waals surface area contributed by atoms with Crippen LogP contribution < -0.4 is 11.3 Å². The van der Waals surface area contributed by atoms with E-state index in [2.05, 4.69) is 5.10 Å². The second-order valence-electron chi connectivity index (χ2n) is 5.98. The summed E-state index contributed by atoms with van der Waals surface area (Å²) < 4.78 is 6.78. The van der Waals surface area contributed by atoms with Crippen LogP contribution in [0.1, 0.15) is 13.8 Å². The predicted octanol–water partition coefficient (Wildman–Crippen LogP) is 1.19. The minimum Gasteiger partial charge on any atom is -0.394 e. The average molecular weight is 348 g/mol. The Hall–Kier alpha value is -2.19. The van der Waals surface area contributed by atoms with E-state index in [0.29, 0.717) is 18.8 Å². The fraction of sp³-hybridized carbons (Fsp3) is 0.438. The Morgan fingerprint density at radius 2 is 2.12 bits per heavy atom. The van der Waals surface area contributed by atoms with Gasteiger partial charge in [0.25, 0.3) is 5.56 Å². The summed E-state index contributed by atoms with van der Waals surface area (Å²) in [6, 6.07) is 5.34. The average Bonchev–Trinajstić information content (AvgIpc) is 3.05. The lowest BCUT2D eigenvalue weighted by Gasteiger charge is -2.35. The summed E-state index contributed by atoms with van der Waals surface area (Å²) in [5, 5.41) is 6.23. The summed E-state index contributed by atoms with van der Waals surface area (Å²) in [7, 11) is 0. The second-order valence-corrected chi connectivity index (χ2v) is 6.93. The van der Waals surface area contributed by atoms with E-state index in [1.54, 1.807) is 11.0 Å². The monoisotopic (exact) mass is 348 g/mol. The Balaban J connectivity index is 1.84. The van der Waals surface area contributed by atoms with Gasteiger partial charge in [-0.1, -0.05) is 6.07 Å². The number of nitrogens with two attached hydrogens (primary N) is 1. The first-order valence-electron chi connectivity index (χ1n) is 7.79. The Bertz CT molecular complexity index is 777. The molecule has 0 unspecified atom stereocenters. The molecule has 1 aliphatic rings. The van der Waals surface area contributed by atoms with Crippen LogP contribution in [0.25, 0.3) is 10.6 Å². The molecule has 128 valence electrons. The third-order valence-corrected chi connectivity index (χ3v) is 4.73. The quantitative estimate of drug-likeness (QED) is 0.900. The molecule has 7 nitrogen and oxygen atoms in total. The highest BCUT2D eigenvalue weighted by Crippen LogP contribution is 2.22. The zero-order valence-corrected chi connectivity index (χ0v) is 14.5. The maximum atomic E-state index is 12.6. The van der Waals surface area contributed by atoms with Gasteiger partial charge in [-0.15, -0.1) is 11.3 Å². The maximum absolute atomic E-state index is 12.6. The molecular weight excluding hydrogens is 328 g/mol. The third-order valence-electron chi connectivity index (χ3n) is 3.83. The van der Waals surface area contributed by atoms with Crippen LogP contribution in [0.15, 0.2) is 28.4 Å². The van der Waals surface area contributed by atoms with Crippen molar-refractivity contribution in [2.75, 3.05) is 18.8 Å². The molecule has 0 spiro atoms. The van der Waals surface area contributed by atoms with Crippen LogP contribution >= 0.6 is 11.3 Å². The first kappa shape index (κ1) is 16.7. The van der Waals surface area contributed by atoms with Crippen molar-refractivity contribution in [2.45, 2.75) is 32.6 Å². The van der Waals surface area contributed by atoms with E-state index in [9.17, 15) is 9.59 Å². The molecule has 0 saturated carbocycles. The summed E-state index contributed by atoms with van der Waals surface area (Å²) in [6.45, 7) is 4.75. The molecular formula is C16H20N4O3S. The molecule has 2 atom stereocenters. The van der Waals surface area contributed by atoms with Crippen LogP contribution in [0, 0.1) is 0 Å². The number of aromatic nitrogens is 2. The highest BCUT2D eigenvalue weighted by atomic mass is 32.1. The second kappa shape index (κ2) is 6.74. The molecule has 2 N–H and O–H groups in total. The number of carbonyl (C=O) groups excluding carboxylic acids is 1. The Morgan fingerprint density at radius 3 is 2.75 bits per heavy atom. The number of hydrogen-bond donors (Lipinski definition) is 1. The highest BCUT2D eigenvalue weighted by Gasteiger charge is 2.26. The fourth-order valence-electron chi connectivity index (χ4n) is 2.82. The smallest absolute Gasteiger partial charge is 0.290 e. The van der Waals surface area contributed by atoms with Crippen molar-refractivity contribution < 1.29 is 9.53 Å². The molecule has 2 aromatic rings. The van der Waals surface area contributed by atoms with E-state index in [4.69, 9.17) is 10.5 Å². The van der Waals surface area contributed by atoms with E-state index >= 15 is 0 Å². The molecule has 24 heavy (non-hydrogen) atoms. The number of thiophene rings is 1. The highest BCUT2D eigenvalue weighted by molar-refractivity contribution is 7.13. The minimum atomic E-state index is -0.446. The van der Waals surface area contributed by atoms with Crippen LogP contribution in [-0.4, -0.2) is 45.9 Å². The van der Waals surface area contributed by atoms with E-state index in [-0.39, 0.29) is 30.3 Å². The van der Waals surface area contributed by atoms with E-state index in [1.165, 1.54) is 11.3 Å². The van der Waals surface area contributed by atoms with Crippen LogP contribution in [0.5, 0.6) is 0 Å². The normalized spacial score (nSPS) is 21.0. The zero-order chi connectivity index (χ0) is 17.3. The maximum Gasteiger partial charge on any atom is 0.290 e. The van der Waals surface area contributed by atoms with Gasteiger partial charge in [0.2, 0.25) is 5.91 Å². The summed E-state index contributed by atoms with van der Waals surface area (Å²) in [5.41, 5.74) is 6.05. The first-order valence-corrected chi connectivity index (χ1v) is 8.66. The lowest BCUT2D eigenvalue weighted by Crippen LogP contribution is -2.49. The number of morpholine rings is 1. The lowest BCUT2D eigenvalue weighted by molar-refractivity contribution is -0.144. The summed E-state index contributed by atoms with van der Waals surface area (Å²) in [5.74, 6) is -0.158. The van der Waals surface area contributed by atoms with Crippen molar-refractivity contribution in [3.05, 3.63) is 33.9 Å². The van der Waals surface area contributed by atoms with Gasteiger partial charge in [-0.05, 0) is 31.4 Å². The molecule has 2 aromatic heterocycles. The number of ether oxygens (including phenoxy) is 1. The van der Waals surface area contributed by atoms with Gasteiger partial charge in [0.15, 0.2) is 0 Å². The van der Waals surface area contributed by atoms with Crippen LogP contribution in [0.2, 0.25) is 0 Å². The number of rotatable bonds is 3. The van der Waals surface area contributed by atoms with E-state index in [1.807, 2.05) is 31.4 Å². The number of amides is 1. The zero-order valence-electron chi connectivity index (χ0n) is 13.6. The third kappa shape index (κ3) is 3.49. The summed E-state index contributed by atoms with van der Waals surface area (Å²) >= 11 is 1.50. The van der Waals surface area contributed by atoms with Crippen molar-refractivity contribution in [3.63, 3.8) is 0 Å². The van der Waals surface area contributed by atoms with Crippen molar-refractivity contribution in [2.24, 2.45) is 0 Å². The molecule has 3 rings (SSSR count). The van der Waals surface area contributed by atoms with E-state index < -0.39 is 5.56 Å². The lowest BCUT2D eigenvalue weighted by atomic mass is 10.2. The Morgan fingerprint density at radius 1 is 1.42 bits per heavy atom. The van der Waals surface area contributed by atoms with Gasteiger partial charge < -0.3 is 15.4 Å². The molecule has 1 aliphatic heterocycles. The molecule has 0 aliphatic carbocycles. The van der Waals surface area contributed by atoms with Gasteiger partial charge in [-0.2, -0.15) is 5.10 Å². The van der Waals surface area contributed by atoms with Crippen molar-refractivity contribution in [1.82, 2.24) is 14.7 Å². The summed E-state index contributed by atoms with van der Waals surface area (Å²) in [4.78, 5) is 27.4. The first-order chi connectivity index (χ1) is 11.4. The topological polar surface area (TPSA) is 90.5 Å². The van der Waals surface area contributed by atoms with Crippen LogP contribution in [0.3, 0.4) is 0 Å². The van der Waals surface area contributed by atoms with Crippen LogP contribution in [-0.2, 0) is 16.1 Å². The molecule has 0 radical (unpaired) electrons. The van der Waals surface area contributed by atoms with Crippen LogP contribution in [0.4, 0.5) is 5.69 Å². The molecule has 1 fully saturated rings. The van der Waals surface area contributed by atoms with Gasteiger partial charge in [0.1, 0.15) is 17.9 Å². The Labute approximate surface area is 143 Å². The van der Waals surface area contributed by atoms with Crippen molar-refractivity contribution >= 4 is 22.9 Å². The van der Waals surface area contributed by atoms with Gasteiger partial charge in [0.05, 0.1) is 17.1 Å². The van der Waals surface area contributed by atoms with Gasteiger partial charge in [-0.3, -0.25) is 9.59 Å².